The van der Waals surface area contributed by atoms with Crippen LogP contribution in [0.2, 0.25) is 0 Å². The number of benzene rings is 1. The Hall–Kier alpha value is -2.13. The fourth-order valence-electron chi connectivity index (χ4n) is 5.27. The Morgan fingerprint density at radius 2 is 1.94 bits per heavy atom. The molecule has 36 heavy (non-hydrogen) atoms. The minimum absolute atomic E-state index is 0.0180. The number of fused-ring (bicyclic) bond motifs is 1. The summed E-state index contributed by atoms with van der Waals surface area (Å²) in [6.45, 7) is 1.95. The third kappa shape index (κ3) is 4.32. The zero-order valence-electron chi connectivity index (χ0n) is 19.2. The van der Waals surface area contributed by atoms with E-state index in [1.807, 2.05) is 0 Å². The number of nitrogens with zero attached hydrogens (tertiary/aromatic N) is 3. The molecule has 2 saturated heterocycles. The van der Waals surface area contributed by atoms with E-state index >= 15 is 0 Å². The van der Waals surface area contributed by atoms with Crippen LogP contribution in [0.5, 0.6) is 0 Å². The lowest BCUT2D eigenvalue weighted by Gasteiger charge is -2.44. The summed E-state index contributed by atoms with van der Waals surface area (Å²) < 4.78 is 108. The van der Waals surface area contributed by atoms with E-state index in [9.17, 15) is 30.4 Å². The molecule has 3 aliphatic rings. The van der Waals surface area contributed by atoms with E-state index in [1.54, 1.807) is 6.92 Å². The van der Waals surface area contributed by atoms with Crippen LogP contribution in [-0.4, -0.2) is 65.3 Å². The second kappa shape index (κ2) is 9.01. The molecule has 5 rings (SSSR count). The quantitative estimate of drug-likeness (QED) is 0.600. The SMILES string of the molecule is Cc1c2c(nn1S(=O)(=O)C1CCOC1)CN([C@@H]1C[C@H](N)[C@@H](c3cc(F)ccc3F)O[C@H]1C(F)(F)F)C2. The van der Waals surface area contributed by atoms with Gasteiger partial charge in [0.2, 0.25) is 0 Å². The molecule has 0 aliphatic carbocycles. The lowest BCUT2D eigenvalue weighted by atomic mass is 9.89. The maximum atomic E-state index is 14.3. The van der Waals surface area contributed by atoms with E-state index in [0.29, 0.717) is 30.0 Å². The summed E-state index contributed by atoms with van der Waals surface area (Å²) in [5, 5.41) is 3.50. The minimum atomic E-state index is -4.81. The topological polar surface area (TPSA) is 99.7 Å². The first-order valence-electron chi connectivity index (χ1n) is 11.4. The first kappa shape index (κ1) is 25.5. The van der Waals surface area contributed by atoms with Crippen LogP contribution in [0.4, 0.5) is 22.0 Å². The second-order valence-corrected chi connectivity index (χ2v) is 11.5. The van der Waals surface area contributed by atoms with Crippen molar-refractivity contribution < 1.29 is 39.8 Å². The predicted octanol–water partition coefficient (Wildman–Crippen LogP) is 2.54. The van der Waals surface area contributed by atoms with Gasteiger partial charge in [-0.2, -0.15) is 22.4 Å². The van der Waals surface area contributed by atoms with Gasteiger partial charge in [0, 0.05) is 42.9 Å². The van der Waals surface area contributed by atoms with E-state index in [2.05, 4.69) is 5.10 Å². The lowest BCUT2D eigenvalue weighted by Crippen LogP contribution is -2.58. The molecule has 4 heterocycles. The number of aromatic nitrogens is 2. The molecule has 0 saturated carbocycles. The zero-order chi connectivity index (χ0) is 26.0. The highest BCUT2D eigenvalue weighted by atomic mass is 32.2. The van der Waals surface area contributed by atoms with Gasteiger partial charge in [-0.3, -0.25) is 4.90 Å². The number of nitrogens with two attached hydrogens (primary N) is 1. The Morgan fingerprint density at radius 1 is 1.19 bits per heavy atom. The summed E-state index contributed by atoms with van der Waals surface area (Å²) in [6.07, 6.45) is -8.48. The number of alkyl halides is 3. The van der Waals surface area contributed by atoms with Gasteiger partial charge in [-0.15, -0.1) is 0 Å². The normalized spacial score (nSPS) is 29.6. The first-order valence-corrected chi connectivity index (χ1v) is 12.9. The third-order valence-corrected chi connectivity index (χ3v) is 9.20. The molecule has 0 bridgehead atoms. The Bertz CT molecular complexity index is 1260. The Labute approximate surface area is 204 Å². The van der Waals surface area contributed by atoms with Crippen molar-refractivity contribution >= 4 is 10.0 Å². The van der Waals surface area contributed by atoms with Crippen LogP contribution in [0, 0.1) is 18.6 Å². The number of hydrogen-bond acceptors (Lipinski definition) is 7. The fourth-order valence-corrected chi connectivity index (χ4v) is 6.92. The van der Waals surface area contributed by atoms with Crippen LogP contribution in [0.15, 0.2) is 18.2 Å². The molecule has 2 aromatic rings. The zero-order valence-corrected chi connectivity index (χ0v) is 20.0. The molecule has 14 heteroatoms. The molecule has 3 aliphatic heterocycles. The van der Waals surface area contributed by atoms with Crippen molar-refractivity contribution in [2.75, 3.05) is 13.2 Å². The average Bonchev–Trinajstić information content (AvgIpc) is 3.53. The smallest absolute Gasteiger partial charge is 0.380 e. The molecule has 8 nitrogen and oxygen atoms in total. The third-order valence-electron chi connectivity index (χ3n) is 7.15. The molecule has 0 amide bonds. The summed E-state index contributed by atoms with van der Waals surface area (Å²) in [7, 11) is -3.81. The highest BCUT2D eigenvalue weighted by Crippen LogP contribution is 2.43. The first-order chi connectivity index (χ1) is 16.9. The van der Waals surface area contributed by atoms with E-state index in [4.69, 9.17) is 15.2 Å². The molecule has 0 spiro atoms. The Kier molecular flexibility index (Phi) is 6.39. The monoisotopic (exact) mass is 536 g/mol. The van der Waals surface area contributed by atoms with Crippen molar-refractivity contribution in [2.24, 2.45) is 5.73 Å². The molecule has 5 atom stereocenters. The highest BCUT2D eigenvalue weighted by molar-refractivity contribution is 7.90. The van der Waals surface area contributed by atoms with Gasteiger partial charge in [-0.1, -0.05) is 0 Å². The predicted molar refractivity (Wildman–Crippen MR) is 116 cm³/mol. The maximum absolute atomic E-state index is 14.3. The van der Waals surface area contributed by atoms with Crippen molar-refractivity contribution in [3.63, 3.8) is 0 Å². The molecule has 0 radical (unpaired) electrons. The minimum Gasteiger partial charge on any atom is -0.380 e. The Morgan fingerprint density at radius 3 is 2.58 bits per heavy atom. The number of halogens is 5. The second-order valence-electron chi connectivity index (χ2n) is 9.44. The molecular weight excluding hydrogens is 511 g/mol. The van der Waals surface area contributed by atoms with Gasteiger partial charge in [0.1, 0.15) is 23.0 Å². The van der Waals surface area contributed by atoms with Crippen LogP contribution in [-0.2, 0) is 32.6 Å². The average molecular weight is 537 g/mol. The van der Waals surface area contributed by atoms with E-state index in [-0.39, 0.29) is 31.7 Å². The van der Waals surface area contributed by atoms with Crippen LogP contribution < -0.4 is 5.73 Å². The summed E-state index contributed by atoms with van der Waals surface area (Å²) in [5.41, 5.74) is 7.00. The molecule has 198 valence electrons. The summed E-state index contributed by atoms with van der Waals surface area (Å²) in [6, 6.07) is 0.208. The highest BCUT2D eigenvalue weighted by Gasteiger charge is 2.54. The molecule has 1 aromatic heterocycles. The van der Waals surface area contributed by atoms with Crippen LogP contribution in [0.1, 0.15) is 41.5 Å². The van der Waals surface area contributed by atoms with Gasteiger partial charge in [0.25, 0.3) is 10.0 Å². The van der Waals surface area contributed by atoms with Gasteiger partial charge in [-0.25, -0.2) is 17.2 Å². The van der Waals surface area contributed by atoms with E-state index < -0.39 is 57.4 Å². The summed E-state index contributed by atoms with van der Waals surface area (Å²) in [4.78, 5) is 1.50. The number of hydrogen-bond donors (Lipinski definition) is 1. The van der Waals surface area contributed by atoms with Gasteiger partial charge in [0.15, 0.2) is 6.10 Å². The molecule has 1 unspecified atom stereocenters. The van der Waals surface area contributed by atoms with Crippen molar-refractivity contribution in [1.82, 2.24) is 14.1 Å². The van der Waals surface area contributed by atoms with Gasteiger partial charge in [0.05, 0.1) is 18.0 Å². The molecular formula is C22H25F5N4O4S. The van der Waals surface area contributed by atoms with Crippen molar-refractivity contribution in [2.45, 2.75) is 68.6 Å². The van der Waals surface area contributed by atoms with Crippen LogP contribution in [0.25, 0.3) is 0 Å². The van der Waals surface area contributed by atoms with Crippen LogP contribution >= 0.6 is 0 Å². The largest absolute Gasteiger partial charge is 0.416 e. The Balaban J connectivity index is 1.40. The fraction of sp³-hybridized carbons (Fsp3) is 0.591. The van der Waals surface area contributed by atoms with Gasteiger partial charge in [-0.05, 0) is 38.0 Å². The van der Waals surface area contributed by atoms with E-state index in [1.165, 1.54) is 4.90 Å². The number of rotatable bonds is 4. The molecule has 1 aromatic carbocycles. The number of ether oxygens (including phenoxy) is 2. The van der Waals surface area contributed by atoms with Gasteiger partial charge < -0.3 is 15.2 Å². The lowest BCUT2D eigenvalue weighted by molar-refractivity contribution is -0.269. The van der Waals surface area contributed by atoms with Gasteiger partial charge >= 0.3 is 6.18 Å². The summed E-state index contributed by atoms with van der Waals surface area (Å²) in [5.74, 6) is -1.72. The van der Waals surface area contributed by atoms with Crippen molar-refractivity contribution in [1.29, 1.82) is 0 Å². The van der Waals surface area contributed by atoms with Crippen molar-refractivity contribution in [3.05, 3.63) is 52.3 Å². The summed E-state index contributed by atoms with van der Waals surface area (Å²) >= 11 is 0. The standard InChI is InChI=1S/C22H25F5N4O4S/c1-11-15-8-30(9-18(15)29-31(11)36(32,33)13-4-5-34-10-13)19-7-17(28)20(35-21(19)22(25,26)27)14-6-12(23)2-3-16(14)24/h2-3,6,13,17,19-21H,4-5,7-10,28H2,1H3/t13?,17-,19+,20+,21+/m0/s1. The van der Waals surface area contributed by atoms with Crippen molar-refractivity contribution in [3.8, 4) is 0 Å². The van der Waals surface area contributed by atoms with E-state index in [0.717, 1.165) is 22.3 Å². The molecule has 2 fully saturated rings. The maximum Gasteiger partial charge on any atom is 0.416 e. The molecule has 2 N–H and O–H groups in total. The van der Waals surface area contributed by atoms with Crippen LogP contribution in [0.3, 0.4) is 0 Å².